The Bertz CT molecular complexity index is 2310. The average Bonchev–Trinajstić information content (AvgIpc) is 3.68. The molecule has 0 amide bonds. The van der Waals surface area contributed by atoms with Gasteiger partial charge < -0.3 is 16.8 Å². The number of benzene rings is 6. The summed E-state index contributed by atoms with van der Waals surface area (Å²) in [5.74, 6) is 1.86. The first-order chi connectivity index (χ1) is 24.3. The van der Waals surface area contributed by atoms with Gasteiger partial charge in [0.1, 0.15) is 22.3 Å². The van der Waals surface area contributed by atoms with E-state index in [1.165, 1.54) is 41.0 Å². The zero-order valence-electron chi connectivity index (χ0n) is 26.8. The van der Waals surface area contributed by atoms with Gasteiger partial charge in [0.05, 0.1) is 10.6 Å². The number of rotatable bonds is 4. The average molecular weight is 677 g/mol. The molecule has 0 unspecified atom stereocenters. The molecule has 2 aliphatic carbocycles. The molecule has 0 saturated heterocycles. The summed E-state index contributed by atoms with van der Waals surface area (Å²) in [4.78, 5) is 0. The lowest BCUT2D eigenvalue weighted by atomic mass is 9.72. The lowest BCUT2D eigenvalue weighted by molar-refractivity contribution is 0.367. The SMILES string of the molecule is c1ccc(-p2oc3ccccc3c3ccccc3o2)c([C@@H]2[C@@H]3CC[C@@H](C3)[C@@H]2c2ccccc2-p2oc3ccccc3c3ccccc3o2)c1. The third-order valence-corrected chi connectivity index (χ3v) is 13.8. The van der Waals surface area contributed by atoms with E-state index in [9.17, 15) is 0 Å². The highest BCUT2D eigenvalue weighted by atomic mass is 31.1. The number of para-hydroxylation sites is 4. The molecule has 6 aromatic carbocycles. The number of fused-ring (bicyclic) bond motifs is 8. The summed E-state index contributed by atoms with van der Waals surface area (Å²) in [5, 5.41) is 6.61. The molecule has 0 radical (unpaired) electrons. The van der Waals surface area contributed by atoms with Gasteiger partial charge in [0.2, 0.25) is 0 Å². The van der Waals surface area contributed by atoms with E-state index in [4.69, 9.17) is 16.8 Å². The summed E-state index contributed by atoms with van der Waals surface area (Å²) in [6.07, 6.45) is 3.72. The van der Waals surface area contributed by atoms with Gasteiger partial charge in [0.25, 0.3) is 16.0 Å². The second-order valence-corrected chi connectivity index (χ2v) is 16.1. The van der Waals surface area contributed by atoms with Gasteiger partial charge in [-0.1, -0.05) is 109 Å². The smallest absolute Gasteiger partial charge is 0.253 e. The minimum Gasteiger partial charge on any atom is -0.416 e. The molecule has 4 atom stereocenters. The Balaban J connectivity index is 1.17. The summed E-state index contributed by atoms with van der Waals surface area (Å²) < 4.78 is 27.4. The van der Waals surface area contributed by atoms with Crippen molar-refractivity contribution in [3.8, 4) is 10.6 Å². The highest BCUT2D eigenvalue weighted by Gasteiger charge is 2.50. The lowest BCUT2D eigenvalue weighted by Gasteiger charge is -2.33. The summed E-state index contributed by atoms with van der Waals surface area (Å²) in [6, 6.07) is 51.1. The van der Waals surface area contributed by atoms with Crippen molar-refractivity contribution in [3.63, 3.8) is 0 Å². The minimum atomic E-state index is -1.43. The predicted molar refractivity (Wildman–Crippen MR) is 202 cm³/mol. The van der Waals surface area contributed by atoms with Crippen molar-refractivity contribution in [2.24, 2.45) is 11.8 Å². The minimum absolute atomic E-state index is 0.334. The fourth-order valence-corrected chi connectivity index (χ4v) is 11.8. The maximum Gasteiger partial charge on any atom is 0.253 e. The maximum absolute atomic E-state index is 6.85. The van der Waals surface area contributed by atoms with Crippen molar-refractivity contribution in [2.75, 3.05) is 0 Å². The fraction of sp³-hybridized carbons (Fsp3) is 0.163. The third-order valence-electron chi connectivity index (χ3n) is 10.8. The Morgan fingerprint density at radius 3 is 1.04 bits per heavy atom. The van der Waals surface area contributed by atoms with Gasteiger partial charge in [-0.05, 0) is 90.5 Å². The van der Waals surface area contributed by atoms with Crippen LogP contribution in [-0.2, 0) is 0 Å². The summed E-state index contributed by atoms with van der Waals surface area (Å²) in [5.41, 5.74) is 6.18. The van der Waals surface area contributed by atoms with E-state index in [0.29, 0.717) is 23.7 Å². The van der Waals surface area contributed by atoms with E-state index < -0.39 is 16.0 Å². The van der Waals surface area contributed by atoms with Crippen LogP contribution in [0.5, 0.6) is 0 Å². The van der Waals surface area contributed by atoms with Crippen LogP contribution >= 0.6 is 16.0 Å². The van der Waals surface area contributed by atoms with Gasteiger partial charge in [0, 0.05) is 21.5 Å². The van der Waals surface area contributed by atoms with Crippen LogP contribution in [-0.4, -0.2) is 0 Å². The standard InChI is InChI=1S/C43H34O4P2/c1-7-19-36-30(13-1)31-14-2-8-20-37(31)45-48(44-36)40-23-11-5-17-34(40)42-28-25-26-29(27-28)43(42)35-18-6-12-24-41(35)49-46-38-21-9-3-15-32(38)33-16-4-10-22-39(33)47-49/h1-24,28-29,42-43H,25-27H2/t28-,29+,42+,43-. The van der Waals surface area contributed by atoms with Crippen LogP contribution in [0.1, 0.15) is 42.2 Å². The van der Waals surface area contributed by atoms with Crippen LogP contribution < -0.4 is 0 Å². The molecule has 2 fully saturated rings. The van der Waals surface area contributed by atoms with Crippen molar-refractivity contribution >= 4 is 59.9 Å². The second kappa shape index (κ2) is 11.9. The first-order valence-corrected chi connectivity index (χ1v) is 19.5. The monoisotopic (exact) mass is 676 g/mol. The predicted octanol–water partition coefficient (Wildman–Crippen LogP) is 14.2. The van der Waals surface area contributed by atoms with E-state index in [1.54, 1.807) is 0 Å². The van der Waals surface area contributed by atoms with Crippen molar-refractivity contribution < 1.29 is 16.8 Å². The fourth-order valence-electron chi connectivity index (χ4n) is 8.72. The molecule has 2 saturated carbocycles. The van der Waals surface area contributed by atoms with Gasteiger partial charge in [-0.25, -0.2) is 0 Å². The van der Waals surface area contributed by atoms with Gasteiger partial charge in [-0.2, -0.15) is 0 Å². The molecule has 0 aliphatic heterocycles. The van der Waals surface area contributed by atoms with E-state index >= 15 is 0 Å². The van der Waals surface area contributed by atoms with Crippen LogP contribution in [0.3, 0.4) is 0 Å². The van der Waals surface area contributed by atoms with Crippen molar-refractivity contribution in [1.29, 1.82) is 0 Å². The first kappa shape index (κ1) is 29.1. The van der Waals surface area contributed by atoms with Crippen molar-refractivity contribution in [2.45, 2.75) is 31.1 Å². The molecular weight excluding hydrogens is 642 g/mol. The number of hydrogen-bond acceptors (Lipinski definition) is 4. The van der Waals surface area contributed by atoms with Gasteiger partial charge in [-0.15, -0.1) is 0 Å². The number of hydrogen-bond donors (Lipinski definition) is 0. The summed E-state index contributed by atoms with van der Waals surface area (Å²) in [7, 11) is -2.85. The maximum atomic E-state index is 6.85. The zero-order chi connectivity index (χ0) is 32.3. The molecule has 2 bridgehead atoms. The summed E-state index contributed by atoms with van der Waals surface area (Å²) in [6.45, 7) is 0. The van der Waals surface area contributed by atoms with E-state index in [2.05, 4.69) is 121 Å². The molecule has 240 valence electrons. The Kier molecular flexibility index (Phi) is 7.07. The van der Waals surface area contributed by atoms with Crippen LogP contribution in [0.15, 0.2) is 162 Å². The molecule has 4 nitrogen and oxygen atoms in total. The van der Waals surface area contributed by atoms with Crippen LogP contribution in [0, 0.1) is 11.8 Å². The first-order valence-electron chi connectivity index (χ1n) is 17.2. The molecule has 2 aliphatic rings. The van der Waals surface area contributed by atoms with Gasteiger partial charge in [0.15, 0.2) is 0 Å². The molecule has 8 aromatic rings. The molecule has 0 spiro atoms. The van der Waals surface area contributed by atoms with E-state index in [1.807, 2.05) is 24.3 Å². The Labute approximate surface area is 286 Å². The molecule has 6 heteroatoms. The third kappa shape index (κ3) is 4.89. The molecule has 49 heavy (non-hydrogen) atoms. The van der Waals surface area contributed by atoms with Crippen LogP contribution in [0.4, 0.5) is 0 Å². The molecule has 2 heterocycles. The van der Waals surface area contributed by atoms with Crippen molar-refractivity contribution in [3.05, 3.63) is 157 Å². The van der Waals surface area contributed by atoms with E-state index in [-0.39, 0.29) is 0 Å². The normalized spacial score (nSPS) is 20.0. The summed E-state index contributed by atoms with van der Waals surface area (Å²) >= 11 is 0. The van der Waals surface area contributed by atoms with E-state index in [0.717, 1.165) is 43.9 Å². The molecule has 10 rings (SSSR count). The lowest BCUT2D eigenvalue weighted by Crippen LogP contribution is -2.19. The topological polar surface area (TPSA) is 52.6 Å². The van der Waals surface area contributed by atoms with Crippen molar-refractivity contribution in [1.82, 2.24) is 0 Å². The molecular formula is C43H34O4P2. The quantitative estimate of drug-likeness (QED) is 0.186. The van der Waals surface area contributed by atoms with Gasteiger partial charge >= 0.3 is 0 Å². The highest BCUT2D eigenvalue weighted by Crippen LogP contribution is 2.64. The Morgan fingerprint density at radius 1 is 0.367 bits per heavy atom. The highest BCUT2D eigenvalue weighted by molar-refractivity contribution is 7.46. The molecule has 2 aromatic heterocycles. The largest absolute Gasteiger partial charge is 0.416 e. The zero-order valence-corrected chi connectivity index (χ0v) is 28.6. The van der Waals surface area contributed by atoms with Crippen LogP contribution in [0.2, 0.25) is 0 Å². The van der Waals surface area contributed by atoms with Crippen LogP contribution in [0.25, 0.3) is 54.5 Å². The second-order valence-electron chi connectivity index (χ2n) is 13.4. The molecule has 0 N–H and O–H groups in total. The van der Waals surface area contributed by atoms with Gasteiger partial charge in [-0.3, -0.25) is 0 Å². The Hall–Kier alpha value is -4.88. The Morgan fingerprint density at radius 2 is 0.673 bits per heavy atom.